The van der Waals surface area contributed by atoms with E-state index in [9.17, 15) is 12.8 Å². The van der Waals surface area contributed by atoms with Crippen molar-refractivity contribution in [1.82, 2.24) is 15.1 Å². The molecule has 0 radical (unpaired) electrons. The van der Waals surface area contributed by atoms with Crippen molar-refractivity contribution in [3.05, 3.63) is 42.5 Å². The number of aromatic nitrogens is 2. The molecule has 2 aromatic rings. The molecule has 1 heterocycles. The predicted molar refractivity (Wildman–Crippen MR) is 78.0 cm³/mol. The Morgan fingerprint density at radius 1 is 1.33 bits per heavy atom. The molecule has 114 valence electrons. The Morgan fingerprint density at radius 2 is 2.10 bits per heavy atom. The highest BCUT2D eigenvalue weighted by Crippen LogP contribution is 2.18. The molecule has 0 aliphatic carbocycles. The normalized spacial score (nSPS) is 11.5. The Kier molecular flexibility index (Phi) is 4.92. The van der Waals surface area contributed by atoms with E-state index in [1.165, 1.54) is 30.6 Å². The van der Waals surface area contributed by atoms with E-state index in [-0.39, 0.29) is 10.6 Å². The first-order chi connectivity index (χ1) is 10.0. The second kappa shape index (κ2) is 6.68. The fraction of sp³-hybridized carbons (Fsp3) is 0.308. The van der Waals surface area contributed by atoms with E-state index < -0.39 is 15.8 Å². The van der Waals surface area contributed by atoms with Gasteiger partial charge in [-0.15, -0.1) is 0 Å². The first kappa shape index (κ1) is 15.5. The quantitative estimate of drug-likeness (QED) is 0.758. The number of aryl methyl sites for hydroxylation is 1. The molecule has 0 atom stereocenters. The number of para-hydroxylation sites is 1. The molecule has 8 heteroatoms. The third-order valence-corrected chi connectivity index (χ3v) is 4.17. The highest BCUT2D eigenvalue weighted by Gasteiger charge is 2.18. The molecule has 1 aromatic heterocycles. The lowest BCUT2D eigenvalue weighted by atomic mass is 10.3. The second-order valence-corrected chi connectivity index (χ2v) is 6.16. The minimum atomic E-state index is -3.83. The van der Waals surface area contributed by atoms with Gasteiger partial charge in [-0.25, -0.2) is 12.8 Å². The van der Waals surface area contributed by atoms with Crippen molar-refractivity contribution < 1.29 is 12.8 Å². The fourth-order valence-corrected chi connectivity index (χ4v) is 2.79. The van der Waals surface area contributed by atoms with Gasteiger partial charge < -0.3 is 5.32 Å². The molecule has 0 aliphatic heterocycles. The van der Waals surface area contributed by atoms with Gasteiger partial charge in [0.25, 0.3) is 10.0 Å². The molecule has 0 saturated heterocycles. The van der Waals surface area contributed by atoms with Gasteiger partial charge in [0.05, 0.1) is 11.9 Å². The molecule has 21 heavy (non-hydrogen) atoms. The Hall–Kier alpha value is -1.93. The van der Waals surface area contributed by atoms with Gasteiger partial charge in [0.15, 0.2) is 0 Å². The highest BCUT2D eigenvalue weighted by molar-refractivity contribution is 7.92. The van der Waals surface area contributed by atoms with Crippen molar-refractivity contribution in [1.29, 1.82) is 0 Å². The Morgan fingerprint density at radius 3 is 2.81 bits per heavy atom. The second-order valence-electron chi connectivity index (χ2n) is 4.48. The number of nitrogens with zero attached hydrogens (tertiary/aromatic N) is 2. The summed E-state index contributed by atoms with van der Waals surface area (Å²) in [6.07, 6.45) is 3.51. The summed E-state index contributed by atoms with van der Waals surface area (Å²) in [4.78, 5) is 0.00945. The number of hydrogen-bond donors (Lipinski definition) is 2. The number of sulfonamides is 1. The summed E-state index contributed by atoms with van der Waals surface area (Å²) in [7, 11) is -1.99. The minimum Gasteiger partial charge on any atom is -0.320 e. The summed E-state index contributed by atoms with van der Waals surface area (Å²) in [5.41, 5.74) is -0.0829. The van der Waals surface area contributed by atoms with Crippen LogP contribution in [-0.4, -0.2) is 31.8 Å². The van der Waals surface area contributed by atoms with Crippen molar-refractivity contribution in [3.8, 4) is 0 Å². The van der Waals surface area contributed by atoms with E-state index >= 15 is 0 Å². The van der Waals surface area contributed by atoms with E-state index in [2.05, 4.69) is 15.1 Å². The van der Waals surface area contributed by atoms with Crippen LogP contribution in [0, 0.1) is 5.82 Å². The number of rotatable bonds is 7. The Labute approximate surface area is 123 Å². The Balaban J connectivity index is 2.11. The lowest BCUT2D eigenvalue weighted by Gasteiger charge is -2.06. The minimum absolute atomic E-state index is 0.00945. The van der Waals surface area contributed by atoms with Crippen molar-refractivity contribution in [2.45, 2.75) is 17.9 Å². The van der Waals surface area contributed by atoms with Crippen LogP contribution in [0.15, 0.2) is 41.6 Å². The SMILES string of the molecule is CNCCCn1cc(S(=O)(=O)Nc2ccccc2F)cn1. The van der Waals surface area contributed by atoms with E-state index in [0.717, 1.165) is 13.0 Å². The molecule has 1 aromatic carbocycles. The summed E-state index contributed by atoms with van der Waals surface area (Å²) in [5, 5.41) is 6.99. The van der Waals surface area contributed by atoms with Crippen molar-refractivity contribution in [2.75, 3.05) is 18.3 Å². The zero-order valence-electron chi connectivity index (χ0n) is 11.6. The molecular weight excluding hydrogens is 295 g/mol. The van der Waals surface area contributed by atoms with Gasteiger partial charge in [-0.1, -0.05) is 12.1 Å². The lowest BCUT2D eigenvalue weighted by molar-refractivity contribution is 0.561. The zero-order chi connectivity index (χ0) is 15.3. The third-order valence-electron chi connectivity index (χ3n) is 2.85. The molecule has 0 fully saturated rings. The van der Waals surface area contributed by atoms with Gasteiger partial charge in [-0.05, 0) is 32.1 Å². The average Bonchev–Trinajstić information content (AvgIpc) is 2.91. The third kappa shape index (κ3) is 4.02. The van der Waals surface area contributed by atoms with Crippen LogP contribution in [0.1, 0.15) is 6.42 Å². The largest absolute Gasteiger partial charge is 0.320 e. The summed E-state index contributed by atoms with van der Waals surface area (Å²) in [6, 6.07) is 5.61. The first-order valence-electron chi connectivity index (χ1n) is 6.47. The van der Waals surface area contributed by atoms with Crippen LogP contribution in [0.5, 0.6) is 0 Å². The zero-order valence-corrected chi connectivity index (χ0v) is 12.4. The first-order valence-corrected chi connectivity index (χ1v) is 7.95. The highest BCUT2D eigenvalue weighted by atomic mass is 32.2. The maximum atomic E-state index is 13.5. The molecule has 2 rings (SSSR count). The van der Waals surface area contributed by atoms with Crippen LogP contribution in [0.3, 0.4) is 0 Å². The number of benzene rings is 1. The smallest absolute Gasteiger partial charge is 0.265 e. The van der Waals surface area contributed by atoms with E-state index in [1.807, 2.05) is 7.05 Å². The average molecular weight is 312 g/mol. The van der Waals surface area contributed by atoms with Gasteiger partial charge in [0.1, 0.15) is 10.7 Å². The van der Waals surface area contributed by atoms with E-state index in [4.69, 9.17) is 0 Å². The van der Waals surface area contributed by atoms with Crippen LogP contribution in [0.4, 0.5) is 10.1 Å². The van der Waals surface area contributed by atoms with Gasteiger partial charge in [0.2, 0.25) is 0 Å². The van der Waals surface area contributed by atoms with Crippen LogP contribution >= 0.6 is 0 Å². The predicted octanol–water partition coefficient (Wildman–Crippen LogP) is 1.43. The maximum Gasteiger partial charge on any atom is 0.265 e. The topological polar surface area (TPSA) is 76.0 Å². The summed E-state index contributed by atoms with van der Waals surface area (Å²) in [5.74, 6) is -0.623. The molecule has 2 N–H and O–H groups in total. The van der Waals surface area contributed by atoms with Crippen molar-refractivity contribution >= 4 is 15.7 Å². The molecule has 0 saturated carbocycles. The summed E-state index contributed by atoms with van der Waals surface area (Å²) in [6.45, 7) is 1.42. The van der Waals surface area contributed by atoms with Gasteiger partial charge in [-0.3, -0.25) is 9.40 Å². The van der Waals surface area contributed by atoms with Crippen LogP contribution < -0.4 is 10.0 Å². The molecule has 0 bridgehead atoms. The maximum absolute atomic E-state index is 13.5. The molecule has 0 aliphatic rings. The van der Waals surface area contributed by atoms with Crippen LogP contribution in [-0.2, 0) is 16.6 Å². The number of halogens is 1. The number of nitrogens with one attached hydrogen (secondary N) is 2. The number of anilines is 1. The van der Waals surface area contributed by atoms with E-state index in [0.29, 0.717) is 6.54 Å². The number of hydrogen-bond acceptors (Lipinski definition) is 4. The van der Waals surface area contributed by atoms with Gasteiger partial charge in [0, 0.05) is 12.7 Å². The lowest BCUT2D eigenvalue weighted by Crippen LogP contribution is -2.13. The standard InChI is InChI=1S/C13H17FN4O2S/c1-15-7-4-8-18-10-11(9-16-18)21(19,20)17-13-6-3-2-5-12(13)14/h2-3,5-6,9-10,15,17H,4,7-8H2,1H3. The molecule has 0 unspecified atom stereocenters. The van der Waals surface area contributed by atoms with Crippen molar-refractivity contribution in [2.24, 2.45) is 0 Å². The van der Waals surface area contributed by atoms with E-state index in [1.54, 1.807) is 10.7 Å². The Bertz CT molecular complexity index is 700. The summed E-state index contributed by atoms with van der Waals surface area (Å²) < 4.78 is 41.6. The molecule has 0 amide bonds. The van der Waals surface area contributed by atoms with Crippen molar-refractivity contribution in [3.63, 3.8) is 0 Å². The monoisotopic (exact) mass is 312 g/mol. The van der Waals surface area contributed by atoms with Gasteiger partial charge in [-0.2, -0.15) is 5.10 Å². The molecule has 6 nitrogen and oxygen atoms in total. The van der Waals surface area contributed by atoms with Crippen LogP contribution in [0.25, 0.3) is 0 Å². The summed E-state index contributed by atoms with van der Waals surface area (Å²) >= 11 is 0. The van der Waals surface area contributed by atoms with Gasteiger partial charge >= 0.3 is 0 Å². The fourth-order valence-electron chi connectivity index (χ4n) is 1.77. The molecule has 0 spiro atoms. The van der Waals surface area contributed by atoms with Crippen LogP contribution in [0.2, 0.25) is 0 Å². The molecular formula is C13H17FN4O2S.